The second kappa shape index (κ2) is 99.4. The zero-order valence-corrected chi connectivity index (χ0v) is 4.58. The van der Waals surface area contributed by atoms with E-state index in [-0.39, 0.29) is 9.41 Å². The Morgan fingerprint density at radius 3 is 1.00 bits per heavy atom. The standard InChI is InChI=1S/2FH.O.Sn/h2*1H;;. The molecule has 0 aliphatic rings. The van der Waals surface area contributed by atoms with Crippen molar-refractivity contribution in [2.24, 2.45) is 0 Å². The van der Waals surface area contributed by atoms with E-state index in [0.717, 1.165) is 0 Å². The summed E-state index contributed by atoms with van der Waals surface area (Å²) < 4.78 is 8.34. The van der Waals surface area contributed by atoms with Crippen molar-refractivity contribution in [3.8, 4) is 0 Å². The van der Waals surface area contributed by atoms with Gasteiger partial charge in [-0.3, -0.25) is 9.41 Å². The van der Waals surface area contributed by atoms with Crippen molar-refractivity contribution in [3.63, 3.8) is 0 Å². The molecule has 0 aromatic heterocycles. The summed E-state index contributed by atoms with van der Waals surface area (Å²) in [7, 11) is 0. The van der Waals surface area contributed by atoms with Crippen molar-refractivity contribution in [1.82, 2.24) is 0 Å². The third-order valence-corrected chi connectivity index (χ3v) is 0. The minimum absolute atomic E-state index is 0. The summed E-state index contributed by atoms with van der Waals surface area (Å²) in [6.07, 6.45) is 0. The molecule has 1 nitrogen and oxygen atoms in total. The van der Waals surface area contributed by atoms with Gasteiger partial charge in [-0.15, -0.1) is 0 Å². The van der Waals surface area contributed by atoms with Crippen LogP contribution in [0.2, 0.25) is 0 Å². The van der Waals surface area contributed by atoms with E-state index >= 15 is 0 Å². The van der Waals surface area contributed by atoms with Crippen LogP contribution in [0.4, 0.5) is 9.41 Å². The molecule has 4 heavy (non-hydrogen) atoms. The van der Waals surface area contributed by atoms with Gasteiger partial charge in [-0.25, -0.2) is 0 Å². The Kier molecular flexibility index (Phi) is 623. The van der Waals surface area contributed by atoms with Gasteiger partial charge in [0.15, 0.2) is 0 Å². The topological polar surface area (TPSA) is 17.1 Å². The van der Waals surface area contributed by atoms with Gasteiger partial charge in [-0.2, -0.15) is 0 Å². The van der Waals surface area contributed by atoms with E-state index in [1.807, 2.05) is 0 Å². The molecule has 0 amide bonds. The van der Waals surface area contributed by atoms with Gasteiger partial charge < -0.3 is 0 Å². The fourth-order valence-electron chi connectivity index (χ4n) is 0. The molecular weight excluding hydrogens is 173 g/mol. The summed E-state index contributed by atoms with van der Waals surface area (Å²) in [5.74, 6) is 0. The first-order valence-corrected chi connectivity index (χ1v) is 1.37. The number of rotatable bonds is 0. The molecule has 2 radical (unpaired) electrons. The van der Waals surface area contributed by atoms with Gasteiger partial charge in [0.2, 0.25) is 0 Å². The molecule has 0 atom stereocenters. The van der Waals surface area contributed by atoms with Crippen LogP contribution < -0.4 is 0 Å². The average molecular weight is 175 g/mol. The van der Waals surface area contributed by atoms with Crippen molar-refractivity contribution in [2.45, 2.75) is 0 Å². The van der Waals surface area contributed by atoms with Crippen LogP contribution in [0.5, 0.6) is 0 Å². The first kappa shape index (κ1) is 25.1. The van der Waals surface area contributed by atoms with Gasteiger partial charge >= 0.3 is 25.6 Å². The first-order chi connectivity index (χ1) is 1.00. The molecule has 0 spiro atoms. The molecule has 0 aromatic carbocycles. The van der Waals surface area contributed by atoms with Gasteiger partial charge in [-0.1, -0.05) is 0 Å². The molecule has 0 unspecified atom stereocenters. The predicted molar refractivity (Wildman–Crippen MR) is 11.4 cm³/mol. The van der Waals surface area contributed by atoms with Gasteiger partial charge in [0.1, 0.15) is 0 Å². The van der Waals surface area contributed by atoms with E-state index in [9.17, 15) is 0 Å². The molecule has 0 saturated carbocycles. The van der Waals surface area contributed by atoms with Crippen molar-refractivity contribution >= 4 is 22.5 Å². The maximum atomic E-state index is 8.34. The SMILES string of the molecule is F.F.[O]=[Sn]. The van der Waals surface area contributed by atoms with Crippen LogP contribution in [-0.4, -0.2) is 22.5 Å². The van der Waals surface area contributed by atoms with Crippen LogP contribution in [0.15, 0.2) is 0 Å². The Hall–Kier alpha value is 0.459. The molecule has 0 fully saturated rings. The van der Waals surface area contributed by atoms with E-state index in [1.165, 1.54) is 0 Å². The fourth-order valence-corrected chi connectivity index (χ4v) is 0. The van der Waals surface area contributed by atoms with Crippen molar-refractivity contribution in [1.29, 1.82) is 0 Å². The van der Waals surface area contributed by atoms with Crippen LogP contribution in [0.25, 0.3) is 0 Å². The molecule has 0 bridgehead atoms. The van der Waals surface area contributed by atoms with Crippen LogP contribution in [0.3, 0.4) is 0 Å². The molecule has 0 aromatic rings. The van der Waals surface area contributed by atoms with E-state index in [1.54, 1.807) is 0 Å². The molecular formula is H2F2OSn. The summed E-state index contributed by atoms with van der Waals surface area (Å²) >= 11 is 0.300. The van der Waals surface area contributed by atoms with Crippen LogP contribution >= 0.6 is 0 Å². The molecule has 0 rings (SSSR count). The van der Waals surface area contributed by atoms with Gasteiger partial charge in [0.25, 0.3) is 0 Å². The summed E-state index contributed by atoms with van der Waals surface area (Å²) in [6.45, 7) is 0. The Balaban J connectivity index is -0.00000000500. The van der Waals surface area contributed by atoms with Gasteiger partial charge in [-0.05, 0) is 0 Å². The van der Waals surface area contributed by atoms with E-state index in [4.69, 9.17) is 3.08 Å². The Bertz CT molecular complexity index is 6.00. The minimum atomic E-state index is 0. The van der Waals surface area contributed by atoms with Crippen molar-refractivity contribution < 1.29 is 12.5 Å². The third-order valence-electron chi connectivity index (χ3n) is 0. The van der Waals surface area contributed by atoms with Crippen molar-refractivity contribution in [3.05, 3.63) is 0 Å². The molecule has 4 heteroatoms. The van der Waals surface area contributed by atoms with Crippen LogP contribution in [-0.2, 0) is 3.08 Å². The Morgan fingerprint density at radius 1 is 1.00 bits per heavy atom. The van der Waals surface area contributed by atoms with E-state index in [0.29, 0.717) is 22.5 Å². The quantitative estimate of drug-likeness (QED) is 0.466. The molecule has 0 aliphatic carbocycles. The molecule has 26 valence electrons. The maximum absolute atomic E-state index is 8.34. The number of hydrogen-bond acceptors (Lipinski definition) is 1. The summed E-state index contributed by atoms with van der Waals surface area (Å²) in [5.41, 5.74) is 0. The van der Waals surface area contributed by atoms with E-state index < -0.39 is 0 Å². The molecule has 0 aliphatic heterocycles. The normalized spacial score (nSPS) is 1.00. The Labute approximate surface area is 35.6 Å². The fraction of sp³-hybridized carbons (Fsp3) is 0. The summed E-state index contributed by atoms with van der Waals surface area (Å²) in [6, 6.07) is 0. The summed E-state index contributed by atoms with van der Waals surface area (Å²) in [5, 5.41) is 0. The molecule has 0 saturated heterocycles. The van der Waals surface area contributed by atoms with Crippen LogP contribution in [0, 0.1) is 0 Å². The van der Waals surface area contributed by atoms with E-state index in [2.05, 4.69) is 0 Å². The monoisotopic (exact) mass is 176 g/mol. The number of halogens is 2. The van der Waals surface area contributed by atoms with Crippen molar-refractivity contribution in [2.75, 3.05) is 0 Å². The van der Waals surface area contributed by atoms with Crippen LogP contribution in [0.1, 0.15) is 0 Å². The Morgan fingerprint density at radius 2 is 1.00 bits per heavy atom. The first-order valence-electron chi connectivity index (χ1n) is 0.204. The second-order valence-corrected chi connectivity index (χ2v) is 0. The predicted octanol–water partition coefficient (Wildman–Crippen LogP) is -0.195. The zero-order chi connectivity index (χ0) is 2.00. The third kappa shape index (κ3) is 24.9. The molecule has 0 heterocycles. The number of hydrogen-bond donors (Lipinski definition) is 0. The zero-order valence-electron chi connectivity index (χ0n) is 1.72. The van der Waals surface area contributed by atoms with Gasteiger partial charge in [0, 0.05) is 0 Å². The molecule has 0 N–H and O–H groups in total. The second-order valence-electron chi connectivity index (χ2n) is 0. The van der Waals surface area contributed by atoms with Gasteiger partial charge in [0.05, 0.1) is 0 Å². The average Bonchev–Trinajstić information content (AvgIpc) is 1.00. The summed E-state index contributed by atoms with van der Waals surface area (Å²) in [4.78, 5) is 0.